The molecule has 0 aromatic heterocycles. The van der Waals surface area contributed by atoms with Crippen molar-refractivity contribution in [2.45, 2.75) is 6.42 Å². The predicted octanol–water partition coefficient (Wildman–Crippen LogP) is 3.26. The zero-order chi connectivity index (χ0) is 13.5. The summed E-state index contributed by atoms with van der Waals surface area (Å²) in [5.74, 6) is 0.845. The Labute approximate surface area is 111 Å². The third-order valence-electron chi connectivity index (χ3n) is 2.53. The van der Waals surface area contributed by atoms with Crippen molar-refractivity contribution in [2.75, 3.05) is 18.9 Å². The first-order valence-electron chi connectivity index (χ1n) is 6.11. The van der Waals surface area contributed by atoms with Gasteiger partial charge < -0.3 is 15.2 Å². The van der Waals surface area contributed by atoms with Gasteiger partial charge in [0, 0.05) is 12.5 Å². The molecule has 0 saturated carbocycles. The molecule has 0 bridgehead atoms. The van der Waals surface area contributed by atoms with Crippen molar-refractivity contribution >= 4 is 5.69 Å². The quantitative estimate of drug-likeness (QED) is 0.641. The van der Waals surface area contributed by atoms with Gasteiger partial charge in [0.15, 0.2) is 0 Å². The summed E-state index contributed by atoms with van der Waals surface area (Å²) in [5.41, 5.74) is 6.11. The lowest BCUT2D eigenvalue weighted by Gasteiger charge is -2.09. The summed E-state index contributed by atoms with van der Waals surface area (Å²) >= 11 is 0. The number of para-hydroxylation sites is 1. The summed E-state index contributed by atoms with van der Waals surface area (Å²) in [6, 6.07) is 13.6. The normalized spacial score (nSPS) is 10.2. The highest BCUT2D eigenvalue weighted by atomic mass is 19.1. The molecule has 0 saturated heterocycles. The molecule has 0 heterocycles. The van der Waals surface area contributed by atoms with E-state index in [-0.39, 0.29) is 5.82 Å². The van der Waals surface area contributed by atoms with Gasteiger partial charge in [-0.15, -0.1) is 0 Å². The molecule has 0 unspecified atom stereocenters. The summed E-state index contributed by atoms with van der Waals surface area (Å²) in [6.45, 7) is 0.972. The van der Waals surface area contributed by atoms with Crippen LogP contribution < -0.4 is 15.2 Å². The molecule has 3 nitrogen and oxygen atoms in total. The standard InChI is InChI=1S/C15H16FNO2/c16-12-7-8-14(17)15(11-12)19-10-4-9-18-13-5-2-1-3-6-13/h1-3,5-8,11H,4,9-10,17H2. The van der Waals surface area contributed by atoms with E-state index >= 15 is 0 Å². The summed E-state index contributed by atoms with van der Waals surface area (Å²) < 4.78 is 23.9. The van der Waals surface area contributed by atoms with Crippen LogP contribution in [0.15, 0.2) is 48.5 Å². The fraction of sp³-hybridized carbons (Fsp3) is 0.200. The lowest BCUT2D eigenvalue weighted by molar-refractivity contribution is 0.247. The second-order valence-electron chi connectivity index (χ2n) is 4.05. The molecule has 0 aliphatic heterocycles. The highest BCUT2D eigenvalue weighted by Crippen LogP contribution is 2.22. The molecule has 0 aliphatic carbocycles. The largest absolute Gasteiger partial charge is 0.493 e. The first-order valence-corrected chi connectivity index (χ1v) is 6.11. The number of hydrogen-bond acceptors (Lipinski definition) is 3. The number of benzene rings is 2. The van der Waals surface area contributed by atoms with Gasteiger partial charge in [-0.25, -0.2) is 4.39 Å². The van der Waals surface area contributed by atoms with Crippen LogP contribution >= 0.6 is 0 Å². The summed E-state index contributed by atoms with van der Waals surface area (Å²) in [6.07, 6.45) is 0.699. The minimum Gasteiger partial charge on any atom is -0.493 e. The van der Waals surface area contributed by atoms with Crippen molar-refractivity contribution in [3.63, 3.8) is 0 Å². The molecule has 0 spiro atoms. The Bertz CT molecular complexity index is 517. The zero-order valence-corrected chi connectivity index (χ0v) is 10.5. The summed E-state index contributed by atoms with van der Waals surface area (Å²) in [4.78, 5) is 0. The molecule has 2 N–H and O–H groups in total. The molecule has 0 fully saturated rings. The maximum atomic E-state index is 13.0. The van der Waals surface area contributed by atoms with Gasteiger partial charge in [-0.1, -0.05) is 18.2 Å². The van der Waals surface area contributed by atoms with Crippen molar-refractivity contribution in [3.8, 4) is 11.5 Å². The molecule has 4 heteroatoms. The van der Waals surface area contributed by atoms with Gasteiger partial charge in [0.25, 0.3) is 0 Å². The molecule has 0 amide bonds. The van der Waals surface area contributed by atoms with Crippen LogP contribution in [0.3, 0.4) is 0 Å². The Kier molecular flexibility index (Phi) is 4.61. The molecule has 0 aliphatic rings. The highest BCUT2D eigenvalue weighted by molar-refractivity contribution is 5.52. The molecule has 0 atom stereocenters. The molecular formula is C15H16FNO2. The average molecular weight is 261 g/mol. The lowest BCUT2D eigenvalue weighted by Crippen LogP contribution is -2.06. The first-order chi connectivity index (χ1) is 9.25. The fourth-order valence-corrected chi connectivity index (χ4v) is 1.58. The average Bonchev–Trinajstić information content (AvgIpc) is 2.43. The van der Waals surface area contributed by atoms with Gasteiger partial charge in [0.05, 0.1) is 18.9 Å². The van der Waals surface area contributed by atoms with Crippen molar-refractivity contribution in [1.29, 1.82) is 0 Å². The first kappa shape index (κ1) is 13.2. The van der Waals surface area contributed by atoms with Crippen molar-refractivity contribution in [2.24, 2.45) is 0 Å². The van der Waals surface area contributed by atoms with Crippen LogP contribution in [0, 0.1) is 5.82 Å². The maximum absolute atomic E-state index is 13.0. The predicted molar refractivity (Wildman–Crippen MR) is 72.9 cm³/mol. The number of hydrogen-bond donors (Lipinski definition) is 1. The van der Waals surface area contributed by atoms with Gasteiger partial charge in [-0.3, -0.25) is 0 Å². The van der Waals surface area contributed by atoms with Gasteiger partial charge in [-0.05, 0) is 24.3 Å². The fourth-order valence-electron chi connectivity index (χ4n) is 1.58. The van der Waals surface area contributed by atoms with Crippen LogP contribution in [0.2, 0.25) is 0 Å². The van der Waals surface area contributed by atoms with Gasteiger partial charge in [0.1, 0.15) is 17.3 Å². The smallest absolute Gasteiger partial charge is 0.145 e. The lowest BCUT2D eigenvalue weighted by atomic mass is 10.3. The van der Waals surface area contributed by atoms with E-state index in [1.165, 1.54) is 18.2 Å². The van der Waals surface area contributed by atoms with Crippen molar-refractivity contribution < 1.29 is 13.9 Å². The highest BCUT2D eigenvalue weighted by Gasteiger charge is 2.02. The van der Waals surface area contributed by atoms with E-state index in [1.807, 2.05) is 30.3 Å². The van der Waals surface area contributed by atoms with E-state index < -0.39 is 0 Å². The van der Waals surface area contributed by atoms with Gasteiger partial charge >= 0.3 is 0 Å². The Morgan fingerprint density at radius 3 is 2.47 bits per heavy atom. The van der Waals surface area contributed by atoms with Gasteiger partial charge in [0.2, 0.25) is 0 Å². The van der Waals surface area contributed by atoms with E-state index in [1.54, 1.807) is 0 Å². The minimum atomic E-state index is -0.357. The van der Waals surface area contributed by atoms with Crippen LogP contribution in [0.1, 0.15) is 6.42 Å². The van der Waals surface area contributed by atoms with Crippen LogP contribution in [-0.2, 0) is 0 Å². The zero-order valence-electron chi connectivity index (χ0n) is 10.5. The molecule has 2 rings (SSSR count). The Hall–Kier alpha value is -2.23. The van der Waals surface area contributed by atoms with E-state index in [0.717, 1.165) is 5.75 Å². The Balaban J connectivity index is 1.71. The second-order valence-corrected chi connectivity index (χ2v) is 4.05. The van der Waals surface area contributed by atoms with Crippen molar-refractivity contribution in [3.05, 3.63) is 54.3 Å². The Morgan fingerprint density at radius 2 is 1.68 bits per heavy atom. The van der Waals surface area contributed by atoms with Crippen LogP contribution in [0.25, 0.3) is 0 Å². The van der Waals surface area contributed by atoms with Crippen molar-refractivity contribution in [1.82, 2.24) is 0 Å². The van der Waals surface area contributed by atoms with E-state index in [4.69, 9.17) is 15.2 Å². The maximum Gasteiger partial charge on any atom is 0.145 e. The molecular weight excluding hydrogens is 245 g/mol. The second kappa shape index (κ2) is 6.64. The third-order valence-corrected chi connectivity index (χ3v) is 2.53. The number of anilines is 1. The number of rotatable bonds is 6. The topological polar surface area (TPSA) is 44.5 Å². The SMILES string of the molecule is Nc1ccc(F)cc1OCCCOc1ccccc1. The Morgan fingerprint density at radius 1 is 0.947 bits per heavy atom. The number of ether oxygens (including phenoxy) is 2. The molecule has 19 heavy (non-hydrogen) atoms. The minimum absolute atomic E-state index is 0.357. The van der Waals surface area contributed by atoms with E-state index in [9.17, 15) is 4.39 Å². The van der Waals surface area contributed by atoms with E-state index in [2.05, 4.69) is 0 Å². The molecule has 2 aromatic carbocycles. The number of halogens is 1. The van der Waals surface area contributed by atoms with Crippen LogP contribution in [0.4, 0.5) is 10.1 Å². The van der Waals surface area contributed by atoms with Crippen LogP contribution in [-0.4, -0.2) is 13.2 Å². The monoisotopic (exact) mass is 261 g/mol. The molecule has 2 aromatic rings. The molecule has 0 radical (unpaired) electrons. The third kappa shape index (κ3) is 4.17. The number of nitrogens with two attached hydrogens (primary N) is 1. The molecule has 100 valence electrons. The van der Waals surface area contributed by atoms with Gasteiger partial charge in [-0.2, -0.15) is 0 Å². The summed E-state index contributed by atoms with van der Waals surface area (Å²) in [5, 5.41) is 0. The van der Waals surface area contributed by atoms with E-state index in [0.29, 0.717) is 31.1 Å². The summed E-state index contributed by atoms with van der Waals surface area (Å²) in [7, 11) is 0. The van der Waals surface area contributed by atoms with Crippen LogP contribution in [0.5, 0.6) is 11.5 Å². The number of nitrogen functional groups attached to an aromatic ring is 1.